The topological polar surface area (TPSA) is 27.0 Å². The first kappa shape index (κ1) is 16.7. The van der Waals surface area contributed by atoms with Gasteiger partial charge in [0, 0.05) is 6.54 Å². The monoisotopic (exact) mass is 318 g/mol. The molecule has 1 atom stereocenters. The van der Waals surface area contributed by atoms with Gasteiger partial charge >= 0.3 is 0 Å². The fourth-order valence-corrected chi connectivity index (χ4v) is 4.11. The normalized spacial score (nSPS) is 16.7. The Morgan fingerprint density at radius 1 is 0.958 bits per heavy atom. The average Bonchev–Trinajstić information content (AvgIpc) is 3.17. The van der Waals surface area contributed by atoms with Crippen molar-refractivity contribution in [1.29, 1.82) is 5.26 Å². The summed E-state index contributed by atoms with van der Waals surface area (Å²) >= 11 is 0. The van der Waals surface area contributed by atoms with Crippen LogP contribution < -0.4 is 0 Å². The van der Waals surface area contributed by atoms with E-state index in [4.69, 9.17) is 0 Å². The molecule has 1 aliphatic rings. The fraction of sp³-hybridized carbons (Fsp3) is 0.409. The number of hydrogen-bond donors (Lipinski definition) is 0. The van der Waals surface area contributed by atoms with Gasteiger partial charge in [0.1, 0.15) is 5.41 Å². The van der Waals surface area contributed by atoms with Crippen LogP contribution in [-0.2, 0) is 5.41 Å². The highest BCUT2D eigenvalue weighted by atomic mass is 15.1. The molecule has 0 bridgehead atoms. The summed E-state index contributed by atoms with van der Waals surface area (Å²) in [6.07, 6.45) is 3.56. The lowest BCUT2D eigenvalue weighted by Gasteiger charge is -2.38. The molecule has 3 rings (SSSR count). The molecule has 2 heteroatoms. The summed E-state index contributed by atoms with van der Waals surface area (Å²) in [6, 6.07) is 23.4. The van der Waals surface area contributed by atoms with Crippen LogP contribution in [0.2, 0.25) is 0 Å². The van der Waals surface area contributed by atoms with Crippen LogP contribution in [0.25, 0.3) is 0 Å². The molecule has 0 saturated carbocycles. The van der Waals surface area contributed by atoms with Crippen molar-refractivity contribution in [2.45, 2.75) is 31.6 Å². The number of hydrogen-bond acceptors (Lipinski definition) is 2. The molecule has 0 radical (unpaired) electrons. The maximum absolute atomic E-state index is 10.4. The maximum atomic E-state index is 10.4. The minimum absolute atomic E-state index is 0.283. The number of rotatable bonds is 6. The second-order valence-corrected chi connectivity index (χ2v) is 6.76. The van der Waals surface area contributed by atoms with Gasteiger partial charge in [-0.25, -0.2) is 0 Å². The predicted octanol–water partition coefficient (Wildman–Crippen LogP) is 4.62. The highest BCUT2D eigenvalue weighted by molar-refractivity contribution is 5.47. The molecule has 2 aromatic rings. The van der Waals surface area contributed by atoms with E-state index in [0.717, 1.165) is 24.1 Å². The number of benzene rings is 2. The molecule has 0 spiro atoms. The van der Waals surface area contributed by atoms with E-state index in [9.17, 15) is 5.26 Å². The first-order chi connectivity index (χ1) is 11.8. The molecule has 1 unspecified atom stereocenters. The molecule has 124 valence electrons. The zero-order valence-corrected chi connectivity index (χ0v) is 14.5. The van der Waals surface area contributed by atoms with Crippen LogP contribution in [0.4, 0.5) is 0 Å². The van der Waals surface area contributed by atoms with Crippen LogP contribution >= 0.6 is 0 Å². The summed E-state index contributed by atoms with van der Waals surface area (Å²) in [4.78, 5) is 2.53. The van der Waals surface area contributed by atoms with E-state index in [2.05, 4.69) is 42.2 Å². The Labute approximate surface area is 145 Å². The van der Waals surface area contributed by atoms with E-state index in [0.29, 0.717) is 0 Å². The highest BCUT2D eigenvalue weighted by Crippen LogP contribution is 2.41. The molecule has 1 aliphatic heterocycles. The van der Waals surface area contributed by atoms with E-state index in [1.807, 2.05) is 36.4 Å². The molecule has 2 nitrogen and oxygen atoms in total. The SMILES string of the molecule is CCC(CN1CCCC1)C(C#N)(c1ccccc1)c1ccccc1. The molecular formula is C22H26N2. The second kappa shape index (κ2) is 7.64. The van der Waals surface area contributed by atoms with Crippen molar-refractivity contribution in [3.05, 3.63) is 71.8 Å². The molecule has 0 N–H and O–H groups in total. The van der Waals surface area contributed by atoms with Gasteiger partial charge < -0.3 is 4.90 Å². The molecule has 0 amide bonds. The molecule has 1 heterocycles. The van der Waals surface area contributed by atoms with Gasteiger partial charge in [0.15, 0.2) is 0 Å². The molecule has 0 aromatic heterocycles. The van der Waals surface area contributed by atoms with Crippen molar-refractivity contribution in [3.8, 4) is 6.07 Å². The standard InChI is InChI=1S/C22H26N2/c1-2-19(17-24-15-9-10-16-24)22(18-23,20-11-5-3-6-12-20)21-13-7-4-8-14-21/h3-8,11-14,19H,2,9-10,15-17H2,1H3. The van der Waals surface area contributed by atoms with Crippen molar-refractivity contribution in [1.82, 2.24) is 4.90 Å². The van der Waals surface area contributed by atoms with E-state index >= 15 is 0 Å². The number of nitrogens with zero attached hydrogens (tertiary/aromatic N) is 2. The maximum Gasteiger partial charge on any atom is 0.111 e. The third-order valence-corrected chi connectivity index (χ3v) is 5.42. The van der Waals surface area contributed by atoms with Crippen LogP contribution in [0.3, 0.4) is 0 Å². The minimum atomic E-state index is -0.583. The third-order valence-electron chi connectivity index (χ3n) is 5.42. The molecule has 1 fully saturated rings. The predicted molar refractivity (Wildman–Crippen MR) is 98.7 cm³/mol. The quantitative estimate of drug-likeness (QED) is 0.777. The molecule has 24 heavy (non-hydrogen) atoms. The lowest BCUT2D eigenvalue weighted by Crippen LogP contribution is -2.41. The molecule has 0 aliphatic carbocycles. The van der Waals surface area contributed by atoms with Gasteiger partial charge in [0.2, 0.25) is 0 Å². The Balaban J connectivity index is 2.08. The zero-order chi connectivity index (χ0) is 16.8. The lowest BCUT2D eigenvalue weighted by atomic mass is 9.65. The number of likely N-dealkylation sites (tertiary alicyclic amines) is 1. The van der Waals surface area contributed by atoms with E-state index in [1.165, 1.54) is 25.9 Å². The van der Waals surface area contributed by atoms with Crippen molar-refractivity contribution < 1.29 is 0 Å². The van der Waals surface area contributed by atoms with Crippen molar-refractivity contribution in [2.24, 2.45) is 5.92 Å². The van der Waals surface area contributed by atoms with Gasteiger partial charge in [-0.3, -0.25) is 0 Å². The summed E-state index contributed by atoms with van der Waals surface area (Å²) in [5, 5.41) is 10.4. The Morgan fingerprint density at radius 2 is 1.46 bits per heavy atom. The smallest absolute Gasteiger partial charge is 0.111 e. The molecule has 2 aromatic carbocycles. The van der Waals surface area contributed by atoms with Gasteiger partial charge in [-0.2, -0.15) is 5.26 Å². The van der Waals surface area contributed by atoms with Crippen molar-refractivity contribution >= 4 is 0 Å². The highest BCUT2D eigenvalue weighted by Gasteiger charge is 2.42. The first-order valence-corrected chi connectivity index (χ1v) is 9.06. The van der Waals surface area contributed by atoms with Gasteiger partial charge in [-0.05, 0) is 49.4 Å². The van der Waals surface area contributed by atoms with Crippen LogP contribution in [0.15, 0.2) is 60.7 Å². The summed E-state index contributed by atoms with van der Waals surface area (Å²) < 4.78 is 0. The zero-order valence-electron chi connectivity index (χ0n) is 14.5. The third kappa shape index (κ3) is 3.09. The van der Waals surface area contributed by atoms with Gasteiger partial charge in [0.05, 0.1) is 6.07 Å². The average molecular weight is 318 g/mol. The Morgan fingerprint density at radius 3 is 1.88 bits per heavy atom. The fourth-order valence-electron chi connectivity index (χ4n) is 4.11. The largest absolute Gasteiger partial charge is 0.303 e. The van der Waals surface area contributed by atoms with E-state index < -0.39 is 5.41 Å². The Hall–Kier alpha value is -2.11. The van der Waals surface area contributed by atoms with E-state index in [-0.39, 0.29) is 5.92 Å². The number of nitriles is 1. The summed E-state index contributed by atoms with van der Waals surface area (Å²) in [5.41, 5.74) is 1.65. The van der Waals surface area contributed by atoms with Crippen LogP contribution in [0, 0.1) is 17.2 Å². The summed E-state index contributed by atoms with van der Waals surface area (Å²) in [6.45, 7) is 5.55. The summed E-state index contributed by atoms with van der Waals surface area (Å²) in [5.74, 6) is 0.283. The van der Waals surface area contributed by atoms with E-state index in [1.54, 1.807) is 0 Å². The molecule has 1 saturated heterocycles. The first-order valence-electron chi connectivity index (χ1n) is 9.06. The lowest BCUT2D eigenvalue weighted by molar-refractivity contribution is 0.233. The summed E-state index contributed by atoms with van der Waals surface area (Å²) in [7, 11) is 0. The molecular weight excluding hydrogens is 292 g/mol. The van der Waals surface area contributed by atoms with Crippen molar-refractivity contribution in [2.75, 3.05) is 19.6 Å². The minimum Gasteiger partial charge on any atom is -0.303 e. The van der Waals surface area contributed by atoms with Crippen LogP contribution in [0.5, 0.6) is 0 Å². The van der Waals surface area contributed by atoms with Gasteiger partial charge in [0.25, 0.3) is 0 Å². The Bertz CT molecular complexity index is 627. The van der Waals surface area contributed by atoms with Crippen molar-refractivity contribution in [3.63, 3.8) is 0 Å². The van der Waals surface area contributed by atoms with Gasteiger partial charge in [-0.15, -0.1) is 0 Å². The van der Waals surface area contributed by atoms with Crippen LogP contribution in [-0.4, -0.2) is 24.5 Å². The van der Waals surface area contributed by atoms with Gasteiger partial charge in [-0.1, -0.05) is 67.6 Å². The second-order valence-electron chi connectivity index (χ2n) is 6.76. The Kier molecular flexibility index (Phi) is 5.33. The van der Waals surface area contributed by atoms with Crippen LogP contribution in [0.1, 0.15) is 37.3 Å².